The van der Waals surface area contributed by atoms with Gasteiger partial charge in [-0.05, 0) is 6.92 Å². The second-order valence-electron chi connectivity index (χ2n) is 3.23. The molecule has 0 aliphatic rings. The van der Waals surface area contributed by atoms with Crippen LogP contribution in [0.3, 0.4) is 0 Å². The van der Waals surface area contributed by atoms with Gasteiger partial charge in [-0.3, -0.25) is 14.9 Å². The van der Waals surface area contributed by atoms with Gasteiger partial charge in [0.05, 0.1) is 32.9 Å². The van der Waals surface area contributed by atoms with Gasteiger partial charge in [0.1, 0.15) is 0 Å². The van der Waals surface area contributed by atoms with Crippen LogP contribution in [0.15, 0.2) is 0 Å². The van der Waals surface area contributed by atoms with Crippen molar-refractivity contribution in [3.63, 3.8) is 0 Å². The van der Waals surface area contributed by atoms with Crippen LogP contribution in [-0.4, -0.2) is 57.9 Å². The first-order valence-corrected chi connectivity index (χ1v) is 5.58. The number of hydrogen-bond donors (Lipinski definition) is 3. The maximum absolute atomic E-state index is 11.2. The Kier molecular flexibility index (Phi) is 10.5. The SMILES string of the molecule is CCOCCOCCNC(=O)CNCC(N)=O. The molecule has 0 aromatic heterocycles. The summed E-state index contributed by atoms with van der Waals surface area (Å²) in [6, 6.07) is 0. The highest BCUT2D eigenvalue weighted by molar-refractivity contribution is 5.80. The van der Waals surface area contributed by atoms with E-state index in [0.29, 0.717) is 33.0 Å². The van der Waals surface area contributed by atoms with Gasteiger partial charge in [0.2, 0.25) is 11.8 Å². The topological polar surface area (TPSA) is 103 Å². The summed E-state index contributed by atoms with van der Waals surface area (Å²) in [5, 5.41) is 5.23. The third-order valence-electron chi connectivity index (χ3n) is 1.73. The molecule has 0 unspecified atom stereocenters. The second kappa shape index (κ2) is 11.3. The van der Waals surface area contributed by atoms with Crippen molar-refractivity contribution in [3.8, 4) is 0 Å². The van der Waals surface area contributed by atoms with E-state index in [2.05, 4.69) is 10.6 Å². The molecule has 4 N–H and O–H groups in total. The molecule has 7 nitrogen and oxygen atoms in total. The Labute approximate surface area is 101 Å². The van der Waals surface area contributed by atoms with Crippen molar-refractivity contribution in [3.05, 3.63) is 0 Å². The van der Waals surface area contributed by atoms with Gasteiger partial charge >= 0.3 is 0 Å². The van der Waals surface area contributed by atoms with Crippen molar-refractivity contribution >= 4 is 11.8 Å². The fourth-order valence-corrected chi connectivity index (χ4v) is 0.989. The fourth-order valence-electron chi connectivity index (χ4n) is 0.989. The number of carbonyl (C=O) groups excluding carboxylic acids is 2. The van der Waals surface area contributed by atoms with Crippen LogP contribution in [0.25, 0.3) is 0 Å². The molecule has 0 aromatic carbocycles. The van der Waals surface area contributed by atoms with Crippen molar-refractivity contribution < 1.29 is 19.1 Å². The summed E-state index contributed by atoms with van der Waals surface area (Å²) in [7, 11) is 0. The lowest BCUT2D eigenvalue weighted by Gasteiger charge is -2.06. The molecule has 0 aliphatic heterocycles. The summed E-state index contributed by atoms with van der Waals surface area (Å²) < 4.78 is 10.3. The number of amides is 2. The maximum atomic E-state index is 11.2. The zero-order valence-corrected chi connectivity index (χ0v) is 10.2. The highest BCUT2D eigenvalue weighted by atomic mass is 16.5. The molecule has 0 spiro atoms. The molecule has 0 bridgehead atoms. The van der Waals surface area contributed by atoms with Crippen molar-refractivity contribution in [2.75, 3.05) is 46.1 Å². The quantitative estimate of drug-likeness (QED) is 0.375. The van der Waals surface area contributed by atoms with E-state index < -0.39 is 5.91 Å². The Morgan fingerprint density at radius 2 is 1.82 bits per heavy atom. The van der Waals surface area contributed by atoms with E-state index in [1.165, 1.54) is 0 Å². The molecular weight excluding hydrogens is 226 g/mol. The zero-order valence-electron chi connectivity index (χ0n) is 10.2. The molecule has 0 fully saturated rings. The number of nitrogens with one attached hydrogen (secondary N) is 2. The molecule has 0 aromatic rings. The molecule has 0 heterocycles. The van der Waals surface area contributed by atoms with Crippen LogP contribution in [-0.2, 0) is 19.1 Å². The Balaban J connectivity index is 3.19. The van der Waals surface area contributed by atoms with Crippen molar-refractivity contribution in [2.45, 2.75) is 6.92 Å². The van der Waals surface area contributed by atoms with E-state index in [1.807, 2.05) is 6.92 Å². The summed E-state index contributed by atoms with van der Waals surface area (Å²) in [5.41, 5.74) is 4.89. The Bertz CT molecular complexity index is 224. The first-order chi connectivity index (χ1) is 8.16. The van der Waals surface area contributed by atoms with Crippen LogP contribution in [0.1, 0.15) is 6.92 Å². The largest absolute Gasteiger partial charge is 0.379 e. The fraction of sp³-hybridized carbons (Fsp3) is 0.800. The highest BCUT2D eigenvalue weighted by Gasteiger charge is 2.00. The Morgan fingerprint density at radius 1 is 1.12 bits per heavy atom. The normalized spacial score (nSPS) is 10.2. The summed E-state index contributed by atoms with van der Waals surface area (Å²) in [6.07, 6.45) is 0. The second-order valence-corrected chi connectivity index (χ2v) is 3.23. The van der Waals surface area contributed by atoms with Crippen LogP contribution in [0.2, 0.25) is 0 Å². The van der Waals surface area contributed by atoms with Gasteiger partial charge in [-0.15, -0.1) is 0 Å². The molecule has 2 amide bonds. The zero-order chi connectivity index (χ0) is 12.9. The lowest BCUT2D eigenvalue weighted by atomic mass is 10.5. The summed E-state index contributed by atoms with van der Waals surface area (Å²) in [5.74, 6) is -0.684. The summed E-state index contributed by atoms with van der Waals surface area (Å²) in [4.78, 5) is 21.5. The third-order valence-corrected chi connectivity index (χ3v) is 1.73. The van der Waals surface area contributed by atoms with Gasteiger partial charge in [0.15, 0.2) is 0 Å². The van der Waals surface area contributed by atoms with Crippen LogP contribution < -0.4 is 16.4 Å². The predicted molar refractivity (Wildman–Crippen MR) is 62.4 cm³/mol. The molecule has 100 valence electrons. The van der Waals surface area contributed by atoms with Crippen molar-refractivity contribution in [1.29, 1.82) is 0 Å². The van der Waals surface area contributed by atoms with E-state index in [-0.39, 0.29) is 19.0 Å². The number of carbonyl (C=O) groups is 2. The summed E-state index contributed by atoms with van der Waals surface area (Å²) in [6.45, 7) is 4.61. The third kappa shape index (κ3) is 12.8. The molecule has 0 atom stereocenters. The minimum Gasteiger partial charge on any atom is -0.379 e. The van der Waals surface area contributed by atoms with E-state index in [9.17, 15) is 9.59 Å². The van der Waals surface area contributed by atoms with Crippen LogP contribution >= 0.6 is 0 Å². The van der Waals surface area contributed by atoms with Gasteiger partial charge in [0, 0.05) is 13.2 Å². The molecule has 0 saturated carbocycles. The van der Waals surface area contributed by atoms with E-state index in [0.717, 1.165) is 0 Å². The smallest absolute Gasteiger partial charge is 0.234 e. The van der Waals surface area contributed by atoms with Gasteiger partial charge in [-0.25, -0.2) is 0 Å². The first kappa shape index (κ1) is 15.8. The predicted octanol–water partition coefficient (Wildman–Crippen LogP) is -1.77. The average molecular weight is 247 g/mol. The van der Waals surface area contributed by atoms with Gasteiger partial charge in [-0.1, -0.05) is 0 Å². The molecule has 0 aliphatic carbocycles. The molecule has 0 saturated heterocycles. The molecule has 0 radical (unpaired) electrons. The highest BCUT2D eigenvalue weighted by Crippen LogP contribution is 1.77. The van der Waals surface area contributed by atoms with E-state index in [4.69, 9.17) is 15.2 Å². The number of rotatable bonds is 11. The first-order valence-electron chi connectivity index (χ1n) is 5.58. The van der Waals surface area contributed by atoms with Crippen molar-refractivity contribution in [1.82, 2.24) is 10.6 Å². The minimum atomic E-state index is -0.489. The number of hydrogen-bond acceptors (Lipinski definition) is 5. The molecule has 0 rings (SSSR count). The van der Waals surface area contributed by atoms with Gasteiger partial charge < -0.3 is 20.5 Å². The lowest BCUT2D eigenvalue weighted by Crippen LogP contribution is -2.39. The number of primary amides is 1. The van der Waals surface area contributed by atoms with Crippen molar-refractivity contribution in [2.24, 2.45) is 5.73 Å². The van der Waals surface area contributed by atoms with Crippen LogP contribution in [0.4, 0.5) is 0 Å². The average Bonchev–Trinajstić information content (AvgIpc) is 2.27. The summed E-state index contributed by atoms with van der Waals surface area (Å²) >= 11 is 0. The molecular formula is C10H21N3O4. The minimum absolute atomic E-state index is 0.00171. The molecule has 7 heteroatoms. The lowest BCUT2D eigenvalue weighted by molar-refractivity contribution is -0.120. The van der Waals surface area contributed by atoms with E-state index in [1.54, 1.807) is 0 Å². The number of ether oxygens (including phenoxy) is 2. The van der Waals surface area contributed by atoms with Gasteiger partial charge in [0.25, 0.3) is 0 Å². The Morgan fingerprint density at radius 3 is 2.47 bits per heavy atom. The van der Waals surface area contributed by atoms with E-state index >= 15 is 0 Å². The van der Waals surface area contributed by atoms with Gasteiger partial charge in [-0.2, -0.15) is 0 Å². The monoisotopic (exact) mass is 247 g/mol. The maximum Gasteiger partial charge on any atom is 0.234 e. The molecule has 17 heavy (non-hydrogen) atoms. The number of nitrogens with two attached hydrogens (primary N) is 1. The Hall–Kier alpha value is -1.18. The van der Waals surface area contributed by atoms with Crippen LogP contribution in [0.5, 0.6) is 0 Å². The van der Waals surface area contributed by atoms with Crippen LogP contribution in [0, 0.1) is 0 Å². The standard InChI is InChI=1S/C10H21N3O4/c1-2-16-5-6-17-4-3-13-10(15)8-12-7-9(11)14/h12H,2-8H2,1H3,(H2,11,14)(H,13,15).